The summed E-state index contributed by atoms with van der Waals surface area (Å²) in [4.78, 5) is 36.8. The summed E-state index contributed by atoms with van der Waals surface area (Å²) >= 11 is 5.74. The van der Waals surface area contributed by atoms with Crippen molar-refractivity contribution in [3.8, 4) is 5.75 Å². The number of carbonyl (C=O) groups excluding carboxylic acids is 3. The number of aliphatic hydroxyl groups is 1. The Balaban J connectivity index is 1.88. The van der Waals surface area contributed by atoms with Crippen LogP contribution in [0.4, 0.5) is 13.2 Å². The number of ether oxygens (including phenoxy) is 2. The second-order valence-electron chi connectivity index (χ2n) is 9.05. The minimum Gasteiger partial charge on any atom is -0.462 e. The van der Waals surface area contributed by atoms with Gasteiger partial charge in [-0.1, -0.05) is 29.8 Å². The third-order valence-electron chi connectivity index (χ3n) is 5.65. The molecule has 1 amide bonds. The van der Waals surface area contributed by atoms with E-state index in [1.807, 2.05) is 0 Å². The van der Waals surface area contributed by atoms with E-state index in [1.54, 1.807) is 19.9 Å². The molecular formula is C23H27ClF3N2O9P. The Morgan fingerprint density at radius 3 is 2.51 bits per heavy atom. The van der Waals surface area contributed by atoms with E-state index in [0.29, 0.717) is 4.90 Å². The van der Waals surface area contributed by atoms with E-state index in [4.69, 9.17) is 30.1 Å². The van der Waals surface area contributed by atoms with Crippen LogP contribution in [0.1, 0.15) is 27.2 Å². The van der Waals surface area contributed by atoms with Crippen LogP contribution in [0.5, 0.6) is 5.75 Å². The number of aliphatic hydroxyl groups excluding tert-OH is 1. The number of carbonyl (C=O) groups is 3. The van der Waals surface area contributed by atoms with E-state index in [2.05, 4.69) is 5.09 Å². The van der Waals surface area contributed by atoms with Crippen LogP contribution in [0.3, 0.4) is 0 Å². The lowest BCUT2D eigenvalue weighted by molar-refractivity contribution is -0.193. The molecule has 2 aliphatic rings. The summed E-state index contributed by atoms with van der Waals surface area (Å²) < 4.78 is 78.4. The Kier molecular flexibility index (Phi) is 9.84. The molecule has 6 atom stereocenters. The van der Waals surface area contributed by atoms with Crippen LogP contribution in [0.2, 0.25) is 0 Å². The number of ketones is 1. The minimum atomic E-state index is -4.73. The molecule has 2 N–H and O–H groups in total. The van der Waals surface area contributed by atoms with Gasteiger partial charge in [0, 0.05) is 6.20 Å². The van der Waals surface area contributed by atoms with Gasteiger partial charge in [-0.15, -0.1) is 0 Å². The van der Waals surface area contributed by atoms with Crippen molar-refractivity contribution in [2.45, 2.75) is 69.9 Å². The van der Waals surface area contributed by atoms with Crippen LogP contribution in [-0.4, -0.2) is 76.9 Å². The Bertz CT molecular complexity index is 1160. The molecule has 39 heavy (non-hydrogen) atoms. The maximum Gasteiger partial charge on any atom is 0.459 e. The molecule has 216 valence electrons. The zero-order valence-corrected chi connectivity index (χ0v) is 22.6. The third kappa shape index (κ3) is 7.00. The smallest absolute Gasteiger partial charge is 0.459 e. The summed E-state index contributed by atoms with van der Waals surface area (Å²) in [6.45, 7) is 2.93. The van der Waals surface area contributed by atoms with Gasteiger partial charge in [0.05, 0.1) is 19.1 Å². The molecule has 0 radical (unpaired) electrons. The van der Waals surface area contributed by atoms with Gasteiger partial charge >= 0.3 is 13.7 Å². The number of alkyl halides is 3. The topological polar surface area (TPSA) is 141 Å². The van der Waals surface area contributed by atoms with Crippen LogP contribution in [-0.2, 0) is 32.9 Å². The van der Waals surface area contributed by atoms with Gasteiger partial charge in [0.1, 0.15) is 22.9 Å². The quantitative estimate of drug-likeness (QED) is 0.222. The highest BCUT2D eigenvalue weighted by molar-refractivity contribution is 7.52. The van der Waals surface area contributed by atoms with Crippen molar-refractivity contribution < 1.29 is 55.7 Å². The van der Waals surface area contributed by atoms with Crippen LogP contribution in [0, 0.1) is 0 Å². The first-order valence-corrected chi connectivity index (χ1v) is 13.6. The molecule has 1 unspecified atom stereocenters. The maximum atomic E-state index is 15.3. The summed E-state index contributed by atoms with van der Waals surface area (Å²) in [5.41, 5.74) is -3.24. The van der Waals surface area contributed by atoms with Gasteiger partial charge in [-0.2, -0.15) is 5.09 Å². The predicted molar refractivity (Wildman–Crippen MR) is 129 cm³/mol. The monoisotopic (exact) mass is 598 g/mol. The fourth-order valence-corrected chi connectivity index (χ4v) is 5.38. The highest BCUT2D eigenvalue weighted by Gasteiger charge is 2.64. The first kappa shape index (κ1) is 31.1. The lowest BCUT2D eigenvalue weighted by Gasteiger charge is -2.33. The molecule has 0 aliphatic carbocycles. The number of nitrogens with zero attached hydrogens (tertiary/aromatic N) is 1. The van der Waals surface area contributed by atoms with Crippen LogP contribution in [0.25, 0.3) is 0 Å². The van der Waals surface area contributed by atoms with Crippen LogP contribution in [0.15, 0.2) is 41.6 Å². The molecule has 2 heterocycles. The van der Waals surface area contributed by atoms with Gasteiger partial charge in [-0.05, 0) is 32.9 Å². The number of nitrogens with one attached hydrogen (secondary N) is 1. The van der Waals surface area contributed by atoms with E-state index in [0.717, 1.165) is 6.20 Å². The molecule has 2 aliphatic heterocycles. The molecule has 0 aromatic heterocycles. The van der Waals surface area contributed by atoms with Gasteiger partial charge < -0.3 is 19.1 Å². The molecule has 3 rings (SSSR count). The SMILES string of the molecule is CC(C)OC(=O)[C@H](C)NP(=O)(OC[C@@]1(C(F)F)O[C@@H](N2C=C(Cl)C(=O)CC2=O)[C@H](O)[C@H]1F)Oc1ccccc1. The molecule has 0 spiro atoms. The predicted octanol–water partition coefficient (Wildman–Crippen LogP) is 3.06. The van der Waals surface area contributed by atoms with E-state index in [-0.39, 0.29) is 5.75 Å². The minimum absolute atomic E-state index is 0.0470. The summed E-state index contributed by atoms with van der Waals surface area (Å²) in [6, 6.07) is 6.02. The second kappa shape index (κ2) is 12.4. The molecule has 1 fully saturated rings. The van der Waals surface area contributed by atoms with E-state index < -0.39 is 86.1 Å². The Morgan fingerprint density at radius 1 is 1.28 bits per heavy atom. The van der Waals surface area contributed by atoms with Crippen molar-refractivity contribution in [3.05, 3.63) is 41.6 Å². The molecule has 0 bridgehead atoms. The van der Waals surface area contributed by atoms with Crippen molar-refractivity contribution in [3.63, 3.8) is 0 Å². The molecule has 1 aromatic rings. The third-order valence-corrected chi connectivity index (χ3v) is 7.58. The van der Waals surface area contributed by atoms with Crippen molar-refractivity contribution >= 4 is 37.0 Å². The van der Waals surface area contributed by atoms with Gasteiger partial charge in [0.25, 0.3) is 6.43 Å². The van der Waals surface area contributed by atoms with Crippen molar-refractivity contribution in [2.75, 3.05) is 6.61 Å². The van der Waals surface area contributed by atoms with E-state index in [9.17, 15) is 32.8 Å². The van der Waals surface area contributed by atoms with Crippen LogP contribution < -0.4 is 9.61 Å². The Labute approximate surface area is 226 Å². The van der Waals surface area contributed by atoms with Gasteiger partial charge in [0.15, 0.2) is 23.8 Å². The average molecular weight is 599 g/mol. The average Bonchev–Trinajstić information content (AvgIpc) is 3.11. The molecule has 1 aromatic carbocycles. The summed E-state index contributed by atoms with van der Waals surface area (Å²) in [5, 5.41) is 12.2. The number of rotatable bonds is 11. The fraction of sp³-hybridized carbons (Fsp3) is 0.522. The molecule has 11 nitrogen and oxygen atoms in total. The maximum absolute atomic E-state index is 15.3. The zero-order valence-electron chi connectivity index (χ0n) is 21.0. The zero-order chi connectivity index (χ0) is 29.1. The number of Topliss-reactive ketones (excluding diaryl/α,β-unsaturated/α-hetero) is 1. The summed E-state index contributed by atoms with van der Waals surface area (Å²) in [7, 11) is -4.73. The highest BCUT2D eigenvalue weighted by atomic mass is 35.5. The second-order valence-corrected chi connectivity index (χ2v) is 11.1. The molecule has 16 heteroatoms. The number of esters is 1. The standard InChI is InChI=1S/C23H27ClF3N2O9P/c1-12(2)36-21(33)13(3)28-39(34,38-14-7-5-4-6-8-14)35-11-23(22(26)27)19(25)18(32)20(37-23)29-10-15(24)16(30)9-17(29)31/h4-8,10,12-13,18-20,22,32H,9,11H2,1-3H3,(H,28,34)/t13-,18+,19+,20+,23+,39?/m0/s1. The number of benzene rings is 1. The molecule has 0 saturated carbocycles. The number of hydrogen-bond donors (Lipinski definition) is 2. The van der Waals surface area contributed by atoms with Crippen molar-refractivity contribution in [1.82, 2.24) is 9.99 Å². The number of halogens is 4. The molecule has 1 saturated heterocycles. The number of allylic oxidation sites excluding steroid dienone is 1. The fourth-order valence-electron chi connectivity index (χ4n) is 3.68. The number of para-hydroxylation sites is 1. The normalized spacial score (nSPS) is 27.9. The lowest BCUT2D eigenvalue weighted by atomic mass is 9.98. The lowest BCUT2D eigenvalue weighted by Crippen LogP contribution is -2.51. The first-order chi connectivity index (χ1) is 18.2. The summed E-state index contributed by atoms with van der Waals surface area (Å²) in [6.07, 6.45) is -11.4. The highest BCUT2D eigenvalue weighted by Crippen LogP contribution is 2.49. The molecular weight excluding hydrogens is 572 g/mol. The van der Waals surface area contributed by atoms with Crippen molar-refractivity contribution in [2.24, 2.45) is 0 Å². The Morgan fingerprint density at radius 2 is 1.92 bits per heavy atom. The van der Waals surface area contributed by atoms with Crippen molar-refractivity contribution in [1.29, 1.82) is 0 Å². The Hall–Kier alpha value is -2.48. The van der Waals surface area contributed by atoms with E-state index in [1.165, 1.54) is 31.2 Å². The van der Waals surface area contributed by atoms with Gasteiger partial charge in [-0.3, -0.25) is 23.8 Å². The first-order valence-electron chi connectivity index (χ1n) is 11.7. The number of hydrogen-bond acceptors (Lipinski definition) is 9. The van der Waals surface area contributed by atoms with Crippen LogP contribution >= 0.6 is 19.3 Å². The summed E-state index contributed by atoms with van der Waals surface area (Å²) in [5.74, 6) is -2.66. The van der Waals surface area contributed by atoms with E-state index >= 15 is 4.39 Å². The largest absolute Gasteiger partial charge is 0.462 e. The number of amides is 1. The van der Waals surface area contributed by atoms with Gasteiger partial charge in [-0.25, -0.2) is 17.7 Å². The van der Waals surface area contributed by atoms with Gasteiger partial charge in [0.2, 0.25) is 5.91 Å².